The third-order valence-electron chi connectivity index (χ3n) is 4.93. The monoisotopic (exact) mass is 401 g/mol. The molecule has 0 unspecified atom stereocenters. The third-order valence-corrected chi connectivity index (χ3v) is 4.93. The first kappa shape index (κ1) is 19.3. The van der Waals surface area contributed by atoms with Crippen molar-refractivity contribution in [2.24, 2.45) is 0 Å². The smallest absolute Gasteiger partial charge is 0.270 e. The summed E-state index contributed by atoms with van der Waals surface area (Å²) in [5.74, 6) is 1.06. The van der Waals surface area contributed by atoms with E-state index in [1.807, 2.05) is 17.9 Å². The highest BCUT2D eigenvalue weighted by Crippen LogP contribution is 2.37. The molecule has 3 heterocycles. The maximum Gasteiger partial charge on any atom is 0.270 e. The fourth-order valence-electron chi connectivity index (χ4n) is 3.42. The minimum absolute atomic E-state index is 0.0258. The molecule has 1 aromatic carbocycles. The van der Waals surface area contributed by atoms with Gasteiger partial charge in [-0.25, -0.2) is 9.97 Å². The zero-order valence-corrected chi connectivity index (χ0v) is 16.5. The molecule has 0 fully saturated rings. The van der Waals surface area contributed by atoms with Gasteiger partial charge in [0.1, 0.15) is 5.82 Å². The van der Waals surface area contributed by atoms with E-state index in [9.17, 15) is 14.9 Å². The Morgan fingerprint density at radius 1 is 1.07 bits per heavy atom. The van der Waals surface area contributed by atoms with Gasteiger partial charge in [-0.1, -0.05) is 24.3 Å². The van der Waals surface area contributed by atoms with Gasteiger partial charge in [0.25, 0.3) is 11.6 Å². The molecular weight excluding hydrogens is 382 g/mol. The van der Waals surface area contributed by atoms with Crippen molar-refractivity contribution in [1.29, 1.82) is 0 Å². The Morgan fingerprint density at radius 3 is 2.63 bits per heavy atom. The molecule has 150 valence electrons. The maximum absolute atomic E-state index is 13.1. The van der Waals surface area contributed by atoms with Crippen molar-refractivity contribution in [1.82, 2.24) is 9.97 Å². The lowest BCUT2D eigenvalue weighted by Gasteiger charge is -2.22. The lowest BCUT2D eigenvalue weighted by atomic mass is 10.1. The van der Waals surface area contributed by atoms with E-state index < -0.39 is 4.92 Å². The average molecular weight is 401 g/mol. The summed E-state index contributed by atoms with van der Waals surface area (Å²) in [4.78, 5) is 36.2. The molecule has 1 aliphatic rings. The standard InChI is InChI=1S/C22H19N5O3/c1-3-26-20-18(22(28)25(2)19-8-5-11-23-21(19)26)13-16(14-24-20)10-9-15-6-4-7-17(12-15)27(29)30/h4-14H,3H2,1-2H3/b10-9+. The van der Waals surface area contributed by atoms with E-state index in [1.54, 1.807) is 60.8 Å². The number of hydrogen-bond donors (Lipinski definition) is 0. The predicted octanol–water partition coefficient (Wildman–Crippen LogP) is 4.30. The van der Waals surface area contributed by atoms with Crippen LogP contribution in [0.3, 0.4) is 0 Å². The summed E-state index contributed by atoms with van der Waals surface area (Å²) >= 11 is 0. The van der Waals surface area contributed by atoms with Crippen LogP contribution in [0.1, 0.15) is 28.4 Å². The molecule has 0 saturated carbocycles. The van der Waals surface area contributed by atoms with Crippen LogP contribution in [-0.4, -0.2) is 34.4 Å². The van der Waals surface area contributed by atoms with E-state index in [0.29, 0.717) is 29.3 Å². The van der Waals surface area contributed by atoms with Gasteiger partial charge in [-0.15, -0.1) is 0 Å². The van der Waals surface area contributed by atoms with E-state index in [-0.39, 0.29) is 11.6 Å². The highest BCUT2D eigenvalue weighted by molar-refractivity contribution is 6.12. The number of non-ortho nitro benzene ring substituents is 1. The minimum Gasteiger partial charge on any atom is -0.309 e. The van der Waals surface area contributed by atoms with Gasteiger partial charge >= 0.3 is 0 Å². The molecule has 0 spiro atoms. The maximum atomic E-state index is 13.1. The molecule has 0 atom stereocenters. The molecule has 0 bridgehead atoms. The number of anilines is 3. The van der Waals surface area contributed by atoms with Gasteiger partial charge in [-0.2, -0.15) is 0 Å². The van der Waals surface area contributed by atoms with E-state index >= 15 is 0 Å². The lowest BCUT2D eigenvalue weighted by molar-refractivity contribution is -0.384. The fourth-order valence-corrected chi connectivity index (χ4v) is 3.42. The second-order valence-corrected chi connectivity index (χ2v) is 6.78. The molecule has 0 radical (unpaired) electrons. The van der Waals surface area contributed by atoms with Crippen LogP contribution in [0.15, 0.2) is 54.9 Å². The van der Waals surface area contributed by atoms with E-state index in [4.69, 9.17) is 0 Å². The fraction of sp³-hybridized carbons (Fsp3) is 0.136. The van der Waals surface area contributed by atoms with Crippen LogP contribution in [0.5, 0.6) is 0 Å². The second-order valence-electron chi connectivity index (χ2n) is 6.78. The number of hydrogen-bond acceptors (Lipinski definition) is 6. The third kappa shape index (κ3) is 3.39. The quantitative estimate of drug-likeness (QED) is 0.478. The van der Waals surface area contributed by atoms with Gasteiger partial charge in [-0.05, 0) is 36.2 Å². The SMILES string of the molecule is CCN1c2ncc(/C=C/c3cccc([N+](=O)[O-])c3)cc2C(=O)N(C)c2cccnc21. The Morgan fingerprint density at radius 2 is 1.87 bits per heavy atom. The van der Waals surface area contributed by atoms with E-state index in [0.717, 1.165) is 11.3 Å². The summed E-state index contributed by atoms with van der Waals surface area (Å²) in [7, 11) is 1.72. The minimum atomic E-state index is -0.430. The number of carbonyl (C=O) groups excluding carboxylic acids is 1. The zero-order valence-electron chi connectivity index (χ0n) is 16.5. The molecule has 4 rings (SSSR count). The zero-order chi connectivity index (χ0) is 21.3. The van der Waals surface area contributed by atoms with E-state index in [2.05, 4.69) is 9.97 Å². The van der Waals surface area contributed by atoms with Crippen molar-refractivity contribution < 1.29 is 9.72 Å². The number of pyridine rings is 2. The van der Waals surface area contributed by atoms with Crippen LogP contribution in [-0.2, 0) is 0 Å². The van der Waals surface area contributed by atoms with E-state index in [1.165, 1.54) is 12.1 Å². The first-order chi connectivity index (χ1) is 14.5. The van der Waals surface area contributed by atoms with Gasteiger partial charge in [0.15, 0.2) is 5.82 Å². The molecule has 0 aliphatic carbocycles. The number of fused-ring (bicyclic) bond motifs is 2. The Bertz CT molecular complexity index is 1170. The topological polar surface area (TPSA) is 92.5 Å². The van der Waals surface area contributed by atoms with Crippen LogP contribution < -0.4 is 9.80 Å². The van der Waals surface area contributed by atoms with Crippen LogP contribution in [0.2, 0.25) is 0 Å². The highest BCUT2D eigenvalue weighted by Gasteiger charge is 2.30. The molecular formula is C22H19N5O3. The lowest BCUT2D eigenvalue weighted by Crippen LogP contribution is -2.25. The number of rotatable bonds is 4. The van der Waals surface area contributed by atoms with Crippen LogP contribution in [0.25, 0.3) is 12.2 Å². The molecule has 0 saturated heterocycles. The number of benzene rings is 1. The van der Waals surface area contributed by atoms with Crippen molar-refractivity contribution >= 4 is 41.1 Å². The summed E-state index contributed by atoms with van der Waals surface area (Å²) in [5.41, 5.74) is 2.62. The number of nitro groups is 1. The van der Waals surface area contributed by atoms with Gasteiger partial charge in [0.2, 0.25) is 0 Å². The molecule has 8 nitrogen and oxygen atoms in total. The van der Waals surface area contributed by atoms with Crippen LogP contribution in [0.4, 0.5) is 23.0 Å². The summed E-state index contributed by atoms with van der Waals surface area (Å²) in [6.45, 7) is 2.59. The van der Waals surface area contributed by atoms with Gasteiger partial charge < -0.3 is 9.80 Å². The molecule has 30 heavy (non-hydrogen) atoms. The van der Waals surface area contributed by atoms with Crippen LogP contribution in [0, 0.1) is 10.1 Å². The average Bonchev–Trinajstić information content (AvgIpc) is 2.86. The molecule has 2 aromatic heterocycles. The second kappa shape index (κ2) is 7.75. The molecule has 3 aromatic rings. The number of aromatic nitrogens is 2. The molecule has 1 aliphatic heterocycles. The molecule has 8 heteroatoms. The van der Waals surface area contributed by atoms with Gasteiger partial charge in [-0.3, -0.25) is 14.9 Å². The van der Waals surface area contributed by atoms with Gasteiger partial charge in [0, 0.05) is 38.1 Å². The van der Waals surface area contributed by atoms with Crippen molar-refractivity contribution in [3.05, 3.63) is 81.7 Å². The first-order valence-corrected chi connectivity index (χ1v) is 9.42. The number of amides is 1. The number of carbonyl (C=O) groups is 1. The highest BCUT2D eigenvalue weighted by atomic mass is 16.6. The van der Waals surface area contributed by atoms with Crippen LogP contribution >= 0.6 is 0 Å². The van der Waals surface area contributed by atoms with Crippen molar-refractivity contribution in [2.75, 3.05) is 23.4 Å². The first-order valence-electron chi connectivity index (χ1n) is 9.42. The van der Waals surface area contributed by atoms with Crippen molar-refractivity contribution in [3.8, 4) is 0 Å². The Balaban J connectivity index is 1.74. The summed E-state index contributed by atoms with van der Waals surface area (Å²) < 4.78 is 0. The Labute approximate surface area is 173 Å². The summed E-state index contributed by atoms with van der Waals surface area (Å²) in [6.07, 6.45) is 6.92. The van der Waals surface area contributed by atoms with Crippen molar-refractivity contribution in [2.45, 2.75) is 6.92 Å². The molecule has 0 N–H and O–H groups in total. The summed E-state index contributed by atoms with van der Waals surface area (Å²) in [6, 6.07) is 11.8. The molecule has 1 amide bonds. The normalized spacial score (nSPS) is 13.2. The largest absolute Gasteiger partial charge is 0.309 e. The van der Waals surface area contributed by atoms with Crippen molar-refractivity contribution in [3.63, 3.8) is 0 Å². The predicted molar refractivity (Wildman–Crippen MR) is 116 cm³/mol. The summed E-state index contributed by atoms with van der Waals surface area (Å²) in [5, 5.41) is 11.0. The number of nitro benzene ring substituents is 1. The number of nitrogens with zero attached hydrogens (tertiary/aromatic N) is 5. The Hall–Kier alpha value is -4.07. The Kier molecular flexibility index (Phi) is 4.97. The van der Waals surface area contributed by atoms with Gasteiger partial charge in [0.05, 0.1) is 16.2 Å².